The predicted molar refractivity (Wildman–Crippen MR) is 73.2 cm³/mol. The molecule has 0 aliphatic rings. The highest BCUT2D eigenvalue weighted by Crippen LogP contribution is 2.10. The minimum atomic E-state index is -1.10. The monoisotopic (exact) mass is 264 g/mol. The lowest BCUT2D eigenvalue weighted by Crippen LogP contribution is -2.12. The molecule has 0 atom stereocenters. The maximum Gasteiger partial charge on any atom is 0.354 e. The Bertz CT molecular complexity index is 432. The number of aromatic nitrogens is 1. The number of carbonyl (C=O) groups excluding carboxylic acids is 1. The molecular weight excluding hydrogens is 244 g/mol. The zero-order valence-corrected chi connectivity index (χ0v) is 11.2. The van der Waals surface area contributed by atoms with Gasteiger partial charge in [0.1, 0.15) is 5.69 Å². The van der Waals surface area contributed by atoms with E-state index in [2.05, 4.69) is 17.2 Å². The molecule has 0 aliphatic heterocycles. The highest BCUT2D eigenvalue weighted by atomic mass is 16.4. The van der Waals surface area contributed by atoms with Gasteiger partial charge in [0, 0.05) is 18.3 Å². The number of hydrogen-bond acceptors (Lipinski definition) is 3. The van der Waals surface area contributed by atoms with E-state index in [9.17, 15) is 9.59 Å². The molecule has 0 unspecified atom stereocenters. The largest absolute Gasteiger partial charge is 0.477 e. The molecule has 1 amide bonds. The van der Waals surface area contributed by atoms with Gasteiger partial charge in [-0.15, -0.1) is 0 Å². The van der Waals surface area contributed by atoms with E-state index in [4.69, 9.17) is 5.11 Å². The lowest BCUT2D eigenvalue weighted by Gasteiger charge is -2.05. The van der Waals surface area contributed by atoms with Crippen molar-refractivity contribution in [3.05, 3.63) is 24.0 Å². The third-order valence-electron chi connectivity index (χ3n) is 2.77. The molecule has 1 aromatic heterocycles. The van der Waals surface area contributed by atoms with E-state index < -0.39 is 5.97 Å². The van der Waals surface area contributed by atoms with Crippen LogP contribution in [0.25, 0.3) is 0 Å². The molecule has 2 N–H and O–H groups in total. The van der Waals surface area contributed by atoms with Gasteiger partial charge >= 0.3 is 5.97 Å². The Hall–Kier alpha value is -1.91. The van der Waals surface area contributed by atoms with Gasteiger partial charge in [0.25, 0.3) is 0 Å². The number of anilines is 1. The van der Waals surface area contributed by atoms with Crippen LogP contribution in [-0.2, 0) is 4.79 Å². The molecule has 0 radical (unpaired) electrons. The number of carboxylic acid groups (broad SMARTS) is 1. The minimum Gasteiger partial charge on any atom is -0.477 e. The van der Waals surface area contributed by atoms with E-state index in [1.807, 2.05) is 0 Å². The van der Waals surface area contributed by atoms with Crippen LogP contribution >= 0.6 is 0 Å². The Morgan fingerprint density at radius 1 is 1.26 bits per heavy atom. The van der Waals surface area contributed by atoms with E-state index in [1.54, 1.807) is 6.07 Å². The third kappa shape index (κ3) is 5.99. The Morgan fingerprint density at radius 2 is 2.00 bits per heavy atom. The summed E-state index contributed by atoms with van der Waals surface area (Å²) in [4.78, 5) is 26.1. The highest BCUT2D eigenvalue weighted by Gasteiger charge is 2.07. The summed E-state index contributed by atoms with van der Waals surface area (Å²) in [5.74, 6) is -1.19. The van der Waals surface area contributed by atoms with Crippen LogP contribution in [0, 0.1) is 0 Å². The average Bonchev–Trinajstić information content (AvgIpc) is 2.38. The molecule has 0 saturated carbocycles. The normalized spacial score (nSPS) is 10.2. The van der Waals surface area contributed by atoms with E-state index in [-0.39, 0.29) is 11.6 Å². The number of nitrogens with zero attached hydrogens (tertiary/aromatic N) is 1. The van der Waals surface area contributed by atoms with Gasteiger partial charge in [0.15, 0.2) is 0 Å². The molecule has 1 aromatic rings. The highest BCUT2D eigenvalue weighted by molar-refractivity contribution is 5.92. The number of carboxylic acids is 1. The number of amides is 1. The number of carbonyl (C=O) groups is 2. The van der Waals surface area contributed by atoms with Gasteiger partial charge in [-0.3, -0.25) is 4.79 Å². The van der Waals surface area contributed by atoms with Crippen molar-refractivity contribution >= 4 is 17.6 Å². The molecule has 0 saturated heterocycles. The first-order valence-electron chi connectivity index (χ1n) is 6.62. The van der Waals surface area contributed by atoms with E-state index in [1.165, 1.54) is 25.1 Å². The summed E-state index contributed by atoms with van der Waals surface area (Å²) in [6.45, 7) is 2.15. The van der Waals surface area contributed by atoms with Gasteiger partial charge in [-0.1, -0.05) is 32.6 Å². The predicted octanol–water partition coefficient (Wildman–Crippen LogP) is 3.08. The maximum absolute atomic E-state index is 11.6. The van der Waals surface area contributed by atoms with Gasteiger partial charge in [0.2, 0.25) is 5.91 Å². The molecule has 19 heavy (non-hydrogen) atoms. The van der Waals surface area contributed by atoms with E-state index in [0.29, 0.717) is 12.1 Å². The Kier molecular flexibility index (Phi) is 6.57. The van der Waals surface area contributed by atoms with E-state index >= 15 is 0 Å². The lowest BCUT2D eigenvalue weighted by molar-refractivity contribution is -0.116. The van der Waals surface area contributed by atoms with Crippen molar-refractivity contribution in [1.82, 2.24) is 4.98 Å². The third-order valence-corrected chi connectivity index (χ3v) is 2.77. The number of unbranched alkanes of at least 4 members (excludes halogenated alkanes) is 4. The maximum atomic E-state index is 11.6. The van der Waals surface area contributed by atoms with Gasteiger partial charge in [0.05, 0.1) is 0 Å². The molecular formula is C14H20N2O3. The van der Waals surface area contributed by atoms with Gasteiger partial charge in [-0.05, 0) is 18.6 Å². The Balaban J connectivity index is 2.35. The van der Waals surface area contributed by atoms with Crippen LogP contribution in [0.2, 0.25) is 0 Å². The molecule has 0 fully saturated rings. The van der Waals surface area contributed by atoms with Crippen molar-refractivity contribution in [3.8, 4) is 0 Å². The van der Waals surface area contributed by atoms with Gasteiger partial charge < -0.3 is 10.4 Å². The number of pyridine rings is 1. The number of rotatable bonds is 8. The first-order chi connectivity index (χ1) is 9.13. The van der Waals surface area contributed by atoms with Crippen molar-refractivity contribution in [3.63, 3.8) is 0 Å². The molecule has 0 bridgehead atoms. The summed E-state index contributed by atoms with van der Waals surface area (Å²) in [7, 11) is 0. The fourth-order valence-corrected chi connectivity index (χ4v) is 1.74. The van der Waals surface area contributed by atoms with Crippen molar-refractivity contribution in [1.29, 1.82) is 0 Å². The second kappa shape index (κ2) is 8.24. The molecule has 5 heteroatoms. The zero-order valence-electron chi connectivity index (χ0n) is 11.2. The summed E-state index contributed by atoms with van der Waals surface area (Å²) in [6.07, 6.45) is 7.30. The summed E-state index contributed by atoms with van der Waals surface area (Å²) in [5.41, 5.74) is 0.409. The van der Waals surface area contributed by atoms with Crippen molar-refractivity contribution in [2.75, 3.05) is 5.32 Å². The first-order valence-corrected chi connectivity index (χ1v) is 6.62. The standard InChI is InChI=1S/C14H20N2O3/c1-2-3-4-5-6-7-13(17)16-11-8-9-15-12(10-11)14(18)19/h8-10H,2-7H2,1H3,(H,18,19)(H,15,16,17). The van der Waals surface area contributed by atoms with Gasteiger partial charge in [-0.2, -0.15) is 0 Å². The smallest absolute Gasteiger partial charge is 0.354 e. The second-order valence-corrected chi connectivity index (χ2v) is 4.45. The average molecular weight is 264 g/mol. The minimum absolute atomic E-state index is 0.0688. The van der Waals surface area contributed by atoms with Crippen LogP contribution in [-0.4, -0.2) is 22.0 Å². The van der Waals surface area contributed by atoms with Crippen LogP contribution in [0.15, 0.2) is 18.3 Å². The topological polar surface area (TPSA) is 79.3 Å². The van der Waals surface area contributed by atoms with Crippen LogP contribution < -0.4 is 5.32 Å². The number of aromatic carboxylic acids is 1. The van der Waals surface area contributed by atoms with Crippen LogP contribution in [0.3, 0.4) is 0 Å². The summed E-state index contributed by atoms with van der Waals surface area (Å²) >= 11 is 0. The molecule has 104 valence electrons. The van der Waals surface area contributed by atoms with Crippen molar-refractivity contribution in [2.45, 2.75) is 45.4 Å². The Labute approximate surface area is 113 Å². The lowest BCUT2D eigenvalue weighted by atomic mass is 10.1. The SMILES string of the molecule is CCCCCCCC(=O)Nc1ccnc(C(=O)O)c1. The molecule has 0 aromatic carbocycles. The molecule has 1 rings (SSSR count). The molecule has 5 nitrogen and oxygen atoms in total. The fraction of sp³-hybridized carbons (Fsp3) is 0.500. The van der Waals surface area contributed by atoms with Crippen LogP contribution in [0.1, 0.15) is 55.9 Å². The van der Waals surface area contributed by atoms with Crippen LogP contribution in [0.5, 0.6) is 0 Å². The zero-order chi connectivity index (χ0) is 14.1. The molecule has 0 aliphatic carbocycles. The molecule has 1 heterocycles. The quantitative estimate of drug-likeness (QED) is 0.707. The Morgan fingerprint density at radius 3 is 2.68 bits per heavy atom. The van der Waals surface area contributed by atoms with E-state index in [0.717, 1.165) is 19.3 Å². The van der Waals surface area contributed by atoms with Gasteiger partial charge in [-0.25, -0.2) is 9.78 Å². The molecule has 0 spiro atoms. The number of hydrogen-bond donors (Lipinski definition) is 2. The van der Waals surface area contributed by atoms with Crippen molar-refractivity contribution < 1.29 is 14.7 Å². The summed E-state index contributed by atoms with van der Waals surface area (Å²) < 4.78 is 0. The second-order valence-electron chi connectivity index (χ2n) is 4.45. The summed E-state index contributed by atoms with van der Waals surface area (Å²) in [6, 6.07) is 2.94. The van der Waals surface area contributed by atoms with Crippen LogP contribution in [0.4, 0.5) is 5.69 Å². The number of nitrogens with one attached hydrogen (secondary N) is 1. The fourth-order valence-electron chi connectivity index (χ4n) is 1.74. The summed E-state index contributed by atoms with van der Waals surface area (Å²) in [5, 5.41) is 11.5. The van der Waals surface area contributed by atoms with Crippen molar-refractivity contribution in [2.24, 2.45) is 0 Å². The first kappa shape index (κ1) is 15.1.